The number of anilines is 1. The minimum Gasteiger partial charge on any atom is -0.488 e. The van der Waals surface area contributed by atoms with Crippen LogP contribution < -0.4 is 19.7 Å². The molecule has 0 fully saturated rings. The molecule has 40 heavy (non-hydrogen) atoms. The van der Waals surface area contributed by atoms with Crippen LogP contribution >= 0.6 is 0 Å². The zero-order valence-electron chi connectivity index (χ0n) is 26.4. The number of aryl methyl sites for hydroxylation is 1. The average Bonchev–Trinajstić information content (AvgIpc) is 3.40. The zero-order chi connectivity index (χ0) is 31.0. The number of nitrogens with zero attached hydrogens (tertiary/aromatic N) is 1. The highest BCUT2D eigenvalue weighted by Gasteiger charge is 2.29. The van der Waals surface area contributed by atoms with Gasteiger partial charge in [-0.2, -0.15) is 13.2 Å². The molecule has 0 radical (unpaired) electrons. The summed E-state index contributed by atoms with van der Waals surface area (Å²) >= 11 is 0. The van der Waals surface area contributed by atoms with E-state index in [4.69, 9.17) is 14.6 Å². The summed E-state index contributed by atoms with van der Waals surface area (Å²) in [6.07, 6.45) is -1.68. The van der Waals surface area contributed by atoms with Crippen molar-refractivity contribution in [3.63, 3.8) is 0 Å². The molecule has 0 amide bonds. The number of aliphatic hydroxyl groups excluding tert-OH is 1. The van der Waals surface area contributed by atoms with E-state index in [9.17, 15) is 13.2 Å². The van der Waals surface area contributed by atoms with E-state index in [-0.39, 0.29) is 12.4 Å². The van der Waals surface area contributed by atoms with Gasteiger partial charge >= 0.3 is 6.18 Å². The van der Waals surface area contributed by atoms with Crippen LogP contribution in [0.3, 0.4) is 0 Å². The fourth-order valence-corrected chi connectivity index (χ4v) is 4.01. The molecule has 0 saturated carbocycles. The monoisotopic (exact) mass is 572 g/mol. The van der Waals surface area contributed by atoms with Crippen molar-refractivity contribution in [2.45, 2.75) is 87.8 Å². The number of nitrogens with one attached hydrogen (secondary N) is 1. The van der Waals surface area contributed by atoms with Gasteiger partial charge < -0.3 is 24.8 Å². The molecule has 0 aliphatic carbocycles. The van der Waals surface area contributed by atoms with Crippen LogP contribution in [0, 0.1) is 6.92 Å². The molecule has 0 saturated heterocycles. The molecule has 0 bridgehead atoms. The highest BCUT2D eigenvalue weighted by atomic mass is 19.4. The van der Waals surface area contributed by atoms with E-state index in [0.29, 0.717) is 18.9 Å². The summed E-state index contributed by atoms with van der Waals surface area (Å²) < 4.78 is 47.6. The third kappa shape index (κ3) is 15.4. The van der Waals surface area contributed by atoms with Gasteiger partial charge in [0.1, 0.15) is 6.61 Å². The van der Waals surface area contributed by atoms with Crippen molar-refractivity contribution in [3.8, 4) is 11.5 Å². The SMILES string of the molecule is CC.CC.CC.CC.Cc1cc(CCNCCOc2ccccc2OCC(F)(F)F)cc2c1N(CCCO)CC2. The molecule has 1 aliphatic rings. The van der Waals surface area contributed by atoms with Gasteiger partial charge in [0.25, 0.3) is 0 Å². The van der Waals surface area contributed by atoms with Crippen LogP contribution in [0.1, 0.15) is 78.5 Å². The lowest BCUT2D eigenvalue weighted by Crippen LogP contribution is -2.24. The number of rotatable bonds is 12. The quantitative estimate of drug-likeness (QED) is 0.253. The van der Waals surface area contributed by atoms with Crippen LogP contribution in [-0.4, -0.2) is 57.3 Å². The Labute approximate surface area is 242 Å². The molecule has 3 rings (SSSR count). The molecule has 0 atom stereocenters. The summed E-state index contributed by atoms with van der Waals surface area (Å²) in [7, 11) is 0. The number of hydrogen-bond donors (Lipinski definition) is 2. The Morgan fingerprint density at radius 3 is 2.08 bits per heavy atom. The topological polar surface area (TPSA) is 54.0 Å². The van der Waals surface area contributed by atoms with Gasteiger partial charge in [0.05, 0.1) is 0 Å². The maximum atomic E-state index is 12.4. The molecule has 1 aliphatic heterocycles. The van der Waals surface area contributed by atoms with Crippen molar-refractivity contribution in [1.29, 1.82) is 0 Å². The van der Waals surface area contributed by atoms with Gasteiger partial charge in [-0.15, -0.1) is 0 Å². The smallest absolute Gasteiger partial charge is 0.422 e. The number of alkyl halides is 3. The van der Waals surface area contributed by atoms with Gasteiger partial charge in [-0.3, -0.25) is 0 Å². The van der Waals surface area contributed by atoms with Crippen molar-refractivity contribution in [2.24, 2.45) is 0 Å². The van der Waals surface area contributed by atoms with Crippen molar-refractivity contribution >= 4 is 5.69 Å². The fourth-order valence-electron chi connectivity index (χ4n) is 4.01. The Morgan fingerprint density at radius 1 is 0.900 bits per heavy atom. The number of para-hydroxylation sites is 2. The largest absolute Gasteiger partial charge is 0.488 e. The first-order valence-electron chi connectivity index (χ1n) is 15.0. The molecule has 8 heteroatoms. The molecule has 0 unspecified atom stereocenters. The molecule has 0 aromatic heterocycles. The lowest BCUT2D eigenvalue weighted by Gasteiger charge is -2.21. The molecule has 1 heterocycles. The molecule has 232 valence electrons. The normalized spacial score (nSPS) is 11.3. The van der Waals surface area contributed by atoms with E-state index >= 15 is 0 Å². The van der Waals surface area contributed by atoms with Crippen molar-refractivity contribution < 1.29 is 27.8 Å². The zero-order valence-corrected chi connectivity index (χ0v) is 26.4. The molecule has 0 spiro atoms. The van der Waals surface area contributed by atoms with Crippen molar-refractivity contribution in [3.05, 3.63) is 53.1 Å². The number of ether oxygens (including phenoxy) is 2. The summed E-state index contributed by atoms with van der Waals surface area (Å²) in [6, 6.07) is 10.9. The lowest BCUT2D eigenvalue weighted by atomic mass is 10.0. The lowest BCUT2D eigenvalue weighted by molar-refractivity contribution is -0.153. The van der Waals surface area contributed by atoms with Crippen LogP contribution in [0.2, 0.25) is 0 Å². The van der Waals surface area contributed by atoms with Crippen LogP contribution in [0.15, 0.2) is 36.4 Å². The second-order valence-corrected chi connectivity index (χ2v) is 7.93. The molecular formula is C32H55F3N2O3. The van der Waals surface area contributed by atoms with Gasteiger partial charge in [0.2, 0.25) is 0 Å². The van der Waals surface area contributed by atoms with Gasteiger partial charge in [-0.05, 0) is 61.6 Å². The number of hydrogen-bond acceptors (Lipinski definition) is 5. The molecule has 2 N–H and O–H groups in total. The van der Waals surface area contributed by atoms with Gasteiger partial charge in [-0.25, -0.2) is 0 Å². The maximum absolute atomic E-state index is 12.4. The van der Waals surface area contributed by atoms with Gasteiger partial charge in [-0.1, -0.05) is 79.7 Å². The van der Waals surface area contributed by atoms with E-state index < -0.39 is 12.8 Å². The maximum Gasteiger partial charge on any atom is 0.422 e. The van der Waals surface area contributed by atoms with Crippen molar-refractivity contribution in [2.75, 3.05) is 50.9 Å². The minimum absolute atomic E-state index is 0.0893. The predicted molar refractivity (Wildman–Crippen MR) is 164 cm³/mol. The standard InChI is InChI=1S/C24H31F3N2O3.4C2H6/c1-18-15-19(16-20-8-12-29(23(18)20)11-4-13-30)7-9-28-10-14-31-21-5-2-3-6-22(21)32-17-24(25,26)27;4*1-2/h2-3,5-6,15-16,28,30H,4,7-14,17H2,1H3;4*1-2H3. The van der Waals surface area contributed by atoms with E-state index in [1.165, 1.54) is 28.4 Å². The Hall–Kier alpha value is -2.45. The number of halogens is 3. The average molecular weight is 573 g/mol. The highest BCUT2D eigenvalue weighted by molar-refractivity contribution is 5.64. The van der Waals surface area contributed by atoms with E-state index in [1.807, 2.05) is 55.4 Å². The van der Waals surface area contributed by atoms with Gasteiger partial charge in [0.15, 0.2) is 18.1 Å². The molecule has 2 aromatic rings. The van der Waals surface area contributed by atoms with Crippen LogP contribution in [0.4, 0.5) is 18.9 Å². The van der Waals surface area contributed by atoms with Crippen LogP contribution in [0.5, 0.6) is 11.5 Å². The van der Waals surface area contributed by atoms with Crippen LogP contribution in [-0.2, 0) is 12.8 Å². The first-order chi connectivity index (χ1) is 19.4. The third-order valence-corrected chi connectivity index (χ3v) is 5.36. The van der Waals surface area contributed by atoms with E-state index in [1.54, 1.807) is 18.2 Å². The first kappa shape index (κ1) is 39.7. The summed E-state index contributed by atoms with van der Waals surface area (Å²) in [4.78, 5) is 2.36. The van der Waals surface area contributed by atoms with E-state index in [2.05, 4.69) is 29.3 Å². The predicted octanol–water partition coefficient (Wildman–Crippen LogP) is 8.00. The summed E-state index contributed by atoms with van der Waals surface area (Å²) in [5, 5.41) is 12.4. The molecule has 5 nitrogen and oxygen atoms in total. The Balaban J connectivity index is 0. The Kier molecular flexibility index (Phi) is 24.2. The fraction of sp³-hybridized carbons (Fsp3) is 0.625. The van der Waals surface area contributed by atoms with Gasteiger partial charge in [0, 0.05) is 31.9 Å². The van der Waals surface area contributed by atoms with Crippen LogP contribution in [0.25, 0.3) is 0 Å². The third-order valence-electron chi connectivity index (χ3n) is 5.36. The van der Waals surface area contributed by atoms with Crippen molar-refractivity contribution in [1.82, 2.24) is 5.32 Å². The Bertz CT molecular complexity index is 877. The highest BCUT2D eigenvalue weighted by Crippen LogP contribution is 2.33. The number of benzene rings is 2. The molecule has 2 aromatic carbocycles. The number of fused-ring (bicyclic) bond motifs is 1. The summed E-state index contributed by atoms with van der Waals surface area (Å²) in [5.74, 6) is 0.394. The number of aliphatic hydroxyl groups is 1. The van der Waals surface area contributed by atoms with E-state index in [0.717, 1.165) is 38.9 Å². The summed E-state index contributed by atoms with van der Waals surface area (Å²) in [6.45, 7) is 20.6. The summed E-state index contributed by atoms with van der Waals surface area (Å²) in [5.41, 5.74) is 5.24. The second-order valence-electron chi connectivity index (χ2n) is 7.93. The molecular weight excluding hydrogens is 517 g/mol. The second kappa shape index (κ2) is 24.4. The Morgan fingerprint density at radius 2 is 1.50 bits per heavy atom. The first-order valence-corrected chi connectivity index (χ1v) is 15.0. The minimum atomic E-state index is -4.39.